The van der Waals surface area contributed by atoms with E-state index in [1.165, 1.54) is 13.2 Å². The van der Waals surface area contributed by atoms with Crippen LogP contribution in [-0.4, -0.2) is 11.7 Å². The fourth-order valence-corrected chi connectivity index (χ4v) is 1.61. The number of carbonyl (C=O) groups is 2. The Morgan fingerprint density at radius 3 is 2.28 bits per heavy atom. The van der Waals surface area contributed by atoms with Gasteiger partial charge in [-0.1, -0.05) is 0 Å². The number of nitrogens with one attached hydrogen (secondary N) is 1. The highest BCUT2D eigenvalue weighted by atomic mass is 16.3. The van der Waals surface area contributed by atoms with Crippen LogP contribution in [0.25, 0.3) is 0 Å². The zero-order valence-corrected chi connectivity index (χ0v) is 10.2. The summed E-state index contributed by atoms with van der Waals surface area (Å²) < 4.78 is 5.07. The Kier molecular flexibility index (Phi) is 3.28. The number of aryl methyl sites for hydroxylation is 1. The molecule has 0 radical (unpaired) electrons. The molecule has 18 heavy (non-hydrogen) atoms. The maximum absolute atomic E-state index is 11.9. The molecule has 0 saturated carbocycles. The molecule has 0 atom stereocenters. The first-order valence-electron chi connectivity index (χ1n) is 5.54. The summed E-state index contributed by atoms with van der Waals surface area (Å²) in [6.45, 7) is 3.23. The molecule has 1 amide bonds. The quantitative estimate of drug-likeness (QED) is 0.843. The summed E-state index contributed by atoms with van der Waals surface area (Å²) in [5.74, 6) is 0.350. The number of ketones is 1. The fraction of sp³-hybridized carbons (Fsp3) is 0.143. The van der Waals surface area contributed by atoms with Crippen LogP contribution >= 0.6 is 0 Å². The van der Waals surface area contributed by atoms with Gasteiger partial charge in [0.2, 0.25) is 0 Å². The molecule has 4 nitrogen and oxygen atoms in total. The Bertz CT molecular complexity index is 581. The predicted molar refractivity (Wildman–Crippen MR) is 67.8 cm³/mol. The van der Waals surface area contributed by atoms with Crippen molar-refractivity contribution >= 4 is 17.4 Å². The minimum Gasteiger partial charge on any atom is -0.469 e. The van der Waals surface area contributed by atoms with Gasteiger partial charge < -0.3 is 9.73 Å². The average molecular weight is 243 g/mol. The summed E-state index contributed by atoms with van der Waals surface area (Å²) in [5.41, 5.74) is 1.77. The molecule has 0 aliphatic carbocycles. The van der Waals surface area contributed by atoms with E-state index in [2.05, 4.69) is 5.32 Å². The number of hydrogen-bond donors (Lipinski definition) is 1. The highest BCUT2D eigenvalue weighted by Gasteiger charge is 2.11. The molecule has 1 N–H and O–H groups in total. The summed E-state index contributed by atoms with van der Waals surface area (Å²) in [6.07, 6.45) is 1.48. The molecule has 0 spiro atoms. The Labute approximate surface area is 105 Å². The number of hydrogen-bond acceptors (Lipinski definition) is 3. The lowest BCUT2D eigenvalue weighted by atomic mass is 10.1. The molecule has 92 valence electrons. The summed E-state index contributed by atoms with van der Waals surface area (Å²) in [7, 11) is 0. The zero-order chi connectivity index (χ0) is 13.1. The van der Waals surface area contributed by atoms with E-state index in [0.29, 0.717) is 22.6 Å². The third-order valence-electron chi connectivity index (χ3n) is 2.65. The standard InChI is InChI=1S/C14H13NO3/c1-9(16)11-3-5-12(6-4-11)15-14(17)13-7-8-18-10(13)2/h3-8H,1-2H3,(H,15,17). The van der Waals surface area contributed by atoms with Crippen molar-refractivity contribution in [3.8, 4) is 0 Å². The third-order valence-corrected chi connectivity index (χ3v) is 2.65. The monoisotopic (exact) mass is 243 g/mol. The molecule has 1 heterocycles. The van der Waals surface area contributed by atoms with Crippen molar-refractivity contribution < 1.29 is 14.0 Å². The Hall–Kier alpha value is -2.36. The largest absolute Gasteiger partial charge is 0.469 e. The molecule has 0 bridgehead atoms. The maximum Gasteiger partial charge on any atom is 0.259 e. The van der Waals surface area contributed by atoms with Gasteiger partial charge in [0.1, 0.15) is 5.76 Å². The van der Waals surface area contributed by atoms with E-state index in [9.17, 15) is 9.59 Å². The summed E-state index contributed by atoms with van der Waals surface area (Å²) in [6, 6.07) is 8.38. The van der Waals surface area contributed by atoms with E-state index in [0.717, 1.165) is 0 Å². The number of amides is 1. The Morgan fingerprint density at radius 1 is 1.11 bits per heavy atom. The molecule has 1 aromatic carbocycles. The number of carbonyl (C=O) groups excluding carboxylic acids is 2. The third kappa shape index (κ3) is 2.48. The zero-order valence-electron chi connectivity index (χ0n) is 10.2. The molecule has 0 aliphatic rings. The van der Waals surface area contributed by atoms with Gasteiger partial charge in [-0.3, -0.25) is 9.59 Å². The first-order valence-corrected chi connectivity index (χ1v) is 5.54. The topological polar surface area (TPSA) is 59.3 Å². The van der Waals surface area contributed by atoms with Crippen LogP contribution in [0.4, 0.5) is 5.69 Å². The first kappa shape index (κ1) is 12.1. The van der Waals surface area contributed by atoms with E-state index in [4.69, 9.17) is 4.42 Å². The van der Waals surface area contributed by atoms with Crippen LogP contribution in [0.2, 0.25) is 0 Å². The smallest absolute Gasteiger partial charge is 0.259 e. The van der Waals surface area contributed by atoms with Gasteiger partial charge in [-0.15, -0.1) is 0 Å². The summed E-state index contributed by atoms with van der Waals surface area (Å²) in [4.78, 5) is 23.0. The van der Waals surface area contributed by atoms with Crippen LogP contribution < -0.4 is 5.32 Å². The molecule has 0 unspecified atom stereocenters. The van der Waals surface area contributed by atoms with Crippen LogP contribution in [0.1, 0.15) is 33.4 Å². The van der Waals surface area contributed by atoms with Gasteiger partial charge >= 0.3 is 0 Å². The number of furan rings is 1. The van der Waals surface area contributed by atoms with Gasteiger partial charge in [-0.25, -0.2) is 0 Å². The predicted octanol–water partition coefficient (Wildman–Crippen LogP) is 3.04. The van der Waals surface area contributed by atoms with E-state index in [1.807, 2.05) is 0 Å². The molecular formula is C14H13NO3. The highest BCUT2D eigenvalue weighted by molar-refractivity contribution is 6.05. The van der Waals surface area contributed by atoms with Crippen LogP contribution in [-0.2, 0) is 0 Å². The minimum atomic E-state index is -0.225. The van der Waals surface area contributed by atoms with Crippen molar-refractivity contribution in [2.75, 3.05) is 5.32 Å². The molecule has 0 aliphatic heterocycles. The van der Waals surface area contributed by atoms with Crippen LogP contribution in [0.3, 0.4) is 0 Å². The fourth-order valence-electron chi connectivity index (χ4n) is 1.61. The minimum absolute atomic E-state index is 0.00134. The molecule has 2 aromatic rings. The second kappa shape index (κ2) is 4.87. The molecule has 4 heteroatoms. The van der Waals surface area contributed by atoms with Crippen molar-refractivity contribution in [2.45, 2.75) is 13.8 Å². The van der Waals surface area contributed by atoms with Crippen LogP contribution in [0.15, 0.2) is 41.0 Å². The van der Waals surface area contributed by atoms with Gasteiger partial charge in [0.15, 0.2) is 5.78 Å². The molecule has 1 aromatic heterocycles. The second-order valence-electron chi connectivity index (χ2n) is 3.98. The lowest BCUT2D eigenvalue weighted by molar-refractivity contribution is 0.101. The number of Topliss-reactive ketones (excluding diaryl/α,β-unsaturated/α-hetero) is 1. The van der Waals surface area contributed by atoms with Gasteiger partial charge in [-0.05, 0) is 44.2 Å². The molecule has 0 saturated heterocycles. The van der Waals surface area contributed by atoms with Crippen molar-refractivity contribution in [1.82, 2.24) is 0 Å². The Balaban J connectivity index is 2.13. The summed E-state index contributed by atoms with van der Waals surface area (Å²) in [5, 5.41) is 2.74. The van der Waals surface area contributed by atoms with E-state index >= 15 is 0 Å². The highest BCUT2D eigenvalue weighted by Crippen LogP contribution is 2.14. The maximum atomic E-state index is 11.9. The van der Waals surface area contributed by atoms with Gasteiger partial charge in [0.05, 0.1) is 11.8 Å². The van der Waals surface area contributed by atoms with Crippen molar-refractivity contribution in [3.05, 3.63) is 53.5 Å². The van der Waals surface area contributed by atoms with E-state index in [1.54, 1.807) is 37.3 Å². The van der Waals surface area contributed by atoms with Crippen molar-refractivity contribution in [2.24, 2.45) is 0 Å². The lowest BCUT2D eigenvalue weighted by Gasteiger charge is -2.04. The number of anilines is 1. The van der Waals surface area contributed by atoms with Crippen molar-refractivity contribution in [3.63, 3.8) is 0 Å². The van der Waals surface area contributed by atoms with Gasteiger partial charge in [0, 0.05) is 11.3 Å². The van der Waals surface area contributed by atoms with E-state index in [-0.39, 0.29) is 11.7 Å². The lowest BCUT2D eigenvalue weighted by Crippen LogP contribution is -2.12. The number of benzene rings is 1. The normalized spacial score (nSPS) is 10.1. The second-order valence-corrected chi connectivity index (χ2v) is 3.98. The molecule has 2 rings (SSSR count). The average Bonchev–Trinajstić information content (AvgIpc) is 2.76. The Morgan fingerprint density at radius 2 is 1.78 bits per heavy atom. The molecule has 0 fully saturated rings. The van der Waals surface area contributed by atoms with Crippen molar-refractivity contribution in [1.29, 1.82) is 0 Å². The van der Waals surface area contributed by atoms with E-state index < -0.39 is 0 Å². The van der Waals surface area contributed by atoms with Crippen LogP contribution in [0.5, 0.6) is 0 Å². The summed E-state index contributed by atoms with van der Waals surface area (Å²) >= 11 is 0. The van der Waals surface area contributed by atoms with Gasteiger partial charge in [0.25, 0.3) is 5.91 Å². The first-order chi connectivity index (χ1) is 8.58. The molecular weight excluding hydrogens is 230 g/mol. The van der Waals surface area contributed by atoms with Crippen LogP contribution in [0, 0.1) is 6.92 Å². The number of rotatable bonds is 3. The van der Waals surface area contributed by atoms with Gasteiger partial charge in [-0.2, -0.15) is 0 Å². The SMILES string of the molecule is CC(=O)c1ccc(NC(=O)c2ccoc2C)cc1.